The molecule has 0 saturated carbocycles. The fraction of sp³-hybridized carbons (Fsp3) is 0.633. The molecule has 0 radical (unpaired) electrons. The lowest BCUT2D eigenvalue weighted by molar-refractivity contribution is -0.137. The second kappa shape index (κ2) is 19.6. The SMILES string of the molecule is [N-]=[N+]=NCCOCCOCCOCCn1cc([C@@H](CCCCCCc2ccc3c(n2)NCCC3)CC(=O)O)ccc1=O. The maximum atomic E-state index is 12.4. The van der Waals surface area contributed by atoms with Crippen LogP contribution in [0.5, 0.6) is 0 Å². The molecule has 1 aliphatic rings. The molecule has 2 N–H and O–H groups in total. The van der Waals surface area contributed by atoms with Gasteiger partial charge in [0.2, 0.25) is 0 Å². The molecule has 0 fully saturated rings. The zero-order chi connectivity index (χ0) is 29.8. The number of aryl methyl sites for hydroxylation is 2. The summed E-state index contributed by atoms with van der Waals surface area (Å²) in [4.78, 5) is 31.4. The highest BCUT2D eigenvalue weighted by atomic mass is 16.5. The van der Waals surface area contributed by atoms with E-state index in [-0.39, 0.29) is 17.9 Å². The van der Waals surface area contributed by atoms with Crippen LogP contribution in [0.4, 0.5) is 5.82 Å². The van der Waals surface area contributed by atoms with Crippen LogP contribution in [0.15, 0.2) is 40.4 Å². The molecule has 0 unspecified atom stereocenters. The van der Waals surface area contributed by atoms with Gasteiger partial charge in [-0.3, -0.25) is 9.59 Å². The summed E-state index contributed by atoms with van der Waals surface area (Å²) in [7, 11) is 0. The van der Waals surface area contributed by atoms with Crippen LogP contribution >= 0.6 is 0 Å². The summed E-state index contributed by atoms with van der Waals surface area (Å²) in [6.45, 7) is 3.96. The van der Waals surface area contributed by atoms with Crippen LogP contribution < -0.4 is 10.9 Å². The standard InChI is InChI=1S/C30H44N6O6/c31-35-33-14-16-40-18-20-42-21-19-41-17-15-36-23-26(10-12-28(36)37)25(22-29(38)39)6-3-1-2-4-8-27-11-9-24-7-5-13-32-30(24)34-27/h9-12,23,25H,1-8,13-22H2,(H,32,34)(H,38,39)/t25-/m0/s1. The van der Waals surface area contributed by atoms with Gasteiger partial charge < -0.3 is 29.2 Å². The largest absolute Gasteiger partial charge is 0.481 e. The van der Waals surface area contributed by atoms with Crippen molar-refractivity contribution in [3.05, 3.63) is 68.1 Å². The molecule has 2 aromatic heterocycles. The van der Waals surface area contributed by atoms with E-state index in [2.05, 4.69) is 27.5 Å². The quantitative estimate of drug-likeness (QED) is 0.0870. The van der Waals surface area contributed by atoms with E-state index in [0.29, 0.717) is 52.7 Å². The number of fused-ring (bicyclic) bond motifs is 1. The number of pyridine rings is 2. The predicted molar refractivity (Wildman–Crippen MR) is 160 cm³/mol. The number of carboxylic acid groups (broad SMARTS) is 1. The molecule has 2 aromatic rings. The lowest BCUT2D eigenvalue weighted by Crippen LogP contribution is -2.23. The Balaban J connectivity index is 1.34. The van der Waals surface area contributed by atoms with Gasteiger partial charge >= 0.3 is 5.97 Å². The summed E-state index contributed by atoms with van der Waals surface area (Å²) >= 11 is 0. The van der Waals surface area contributed by atoms with Crippen LogP contribution in [0, 0.1) is 0 Å². The highest BCUT2D eigenvalue weighted by molar-refractivity contribution is 5.68. The predicted octanol–water partition coefficient (Wildman–Crippen LogP) is 4.71. The van der Waals surface area contributed by atoms with Crippen LogP contribution in [-0.4, -0.2) is 73.4 Å². The summed E-state index contributed by atoms with van der Waals surface area (Å²) in [5.74, 6) is 0.0517. The molecule has 42 heavy (non-hydrogen) atoms. The lowest BCUT2D eigenvalue weighted by Gasteiger charge is -2.18. The van der Waals surface area contributed by atoms with Crippen molar-refractivity contribution >= 4 is 11.8 Å². The number of ether oxygens (including phenoxy) is 3. The van der Waals surface area contributed by atoms with Crippen molar-refractivity contribution in [1.82, 2.24) is 9.55 Å². The minimum Gasteiger partial charge on any atom is -0.481 e. The van der Waals surface area contributed by atoms with E-state index < -0.39 is 5.97 Å². The van der Waals surface area contributed by atoms with Gasteiger partial charge in [0.1, 0.15) is 5.82 Å². The number of hydrogen-bond acceptors (Lipinski definition) is 8. The maximum Gasteiger partial charge on any atom is 0.303 e. The summed E-state index contributed by atoms with van der Waals surface area (Å²) < 4.78 is 17.9. The fourth-order valence-corrected chi connectivity index (χ4v) is 4.98. The van der Waals surface area contributed by atoms with Crippen molar-refractivity contribution in [2.45, 2.75) is 70.3 Å². The van der Waals surface area contributed by atoms with Crippen molar-refractivity contribution in [3.63, 3.8) is 0 Å². The number of azide groups is 1. The van der Waals surface area contributed by atoms with Gasteiger partial charge in [-0.2, -0.15) is 0 Å². The van der Waals surface area contributed by atoms with E-state index in [9.17, 15) is 14.7 Å². The van der Waals surface area contributed by atoms with Gasteiger partial charge in [0, 0.05) is 42.5 Å². The molecule has 0 aliphatic carbocycles. The lowest BCUT2D eigenvalue weighted by atomic mass is 9.91. The first-order chi connectivity index (χ1) is 20.6. The molecule has 12 nitrogen and oxygen atoms in total. The molecule has 230 valence electrons. The molecule has 1 aliphatic heterocycles. The van der Waals surface area contributed by atoms with Gasteiger partial charge in [0.05, 0.1) is 46.1 Å². The summed E-state index contributed by atoms with van der Waals surface area (Å²) in [5.41, 5.74) is 11.3. The number of carbonyl (C=O) groups is 1. The summed E-state index contributed by atoms with van der Waals surface area (Å²) in [5, 5.41) is 16.3. The molecule has 3 heterocycles. The molecular formula is C30H44N6O6. The van der Waals surface area contributed by atoms with Gasteiger partial charge in [-0.15, -0.1) is 0 Å². The molecule has 0 aromatic carbocycles. The van der Waals surface area contributed by atoms with Crippen LogP contribution in [0.2, 0.25) is 0 Å². The molecular weight excluding hydrogens is 540 g/mol. The third-order valence-corrected chi connectivity index (χ3v) is 7.21. The summed E-state index contributed by atoms with van der Waals surface area (Å²) in [6.07, 6.45) is 9.84. The van der Waals surface area contributed by atoms with Gasteiger partial charge in [-0.05, 0) is 60.7 Å². The fourth-order valence-electron chi connectivity index (χ4n) is 4.98. The number of unbranched alkanes of at least 4 members (excludes halogenated alkanes) is 3. The van der Waals surface area contributed by atoms with E-state index >= 15 is 0 Å². The number of hydrogen-bond donors (Lipinski definition) is 2. The first kappa shape index (κ1) is 33.1. The van der Waals surface area contributed by atoms with Crippen molar-refractivity contribution in [3.8, 4) is 0 Å². The van der Waals surface area contributed by atoms with Crippen molar-refractivity contribution in [1.29, 1.82) is 0 Å². The molecule has 0 amide bonds. The monoisotopic (exact) mass is 584 g/mol. The van der Waals surface area contributed by atoms with E-state index in [1.165, 1.54) is 11.6 Å². The number of aromatic nitrogens is 2. The highest BCUT2D eigenvalue weighted by Gasteiger charge is 2.17. The second-order valence-electron chi connectivity index (χ2n) is 10.4. The van der Waals surface area contributed by atoms with Gasteiger partial charge in [0.25, 0.3) is 5.56 Å². The Morgan fingerprint density at radius 1 is 1.05 bits per heavy atom. The van der Waals surface area contributed by atoms with E-state index in [1.807, 2.05) is 0 Å². The molecule has 1 atom stereocenters. The number of rotatable bonds is 22. The van der Waals surface area contributed by atoms with Gasteiger partial charge in [-0.25, -0.2) is 4.98 Å². The Hall–Kier alpha value is -3.44. The number of carboxylic acids is 1. The number of anilines is 1. The van der Waals surface area contributed by atoms with Gasteiger partial charge in [-0.1, -0.05) is 36.5 Å². The Kier molecular flexibility index (Phi) is 15.5. The molecule has 12 heteroatoms. The average molecular weight is 585 g/mol. The van der Waals surface area contributed by atoms with E-state index in [1.54, 1.807) is 16.8 Å². The maximum absolute atomic E-state index is 12.4. The summed E-state index contributed by atoms with van der Waals surface area (Å²) in [6, 6.07) is 7.59. The zero-order valence-corrected chi connectivity index (χ0v) is 24.4. The van der Waals surface area contributed by atoms with Crippen LogP contribution in [0.1, 0.15) is 67.7 Å². The van der Waals surface area contributed by atoms with Crippen molar-refractivity contribution in [2.24, 2.45) is 5.11 Å². The second-order valence-corrected chi connectivity index (χ2v) is 10.4. The highest BCUT2D eigenvalue weighted by Crippen LogP contribution is 2.26. The third kappa shape index (κ3) is 12.6. The van der Waals surface area contributed by atoms with Crippen LogP contribution in [0.3, 0.4) is 0 Å². The van der Waals surface area contributed by atoms with Crippen molar-refractivity contribution < 1.29 is 24.1 Å². The van der Waals surface area contributed by atoms with Crippen LogP contribution in [-0.2, 0) is 38.4 Å². The smallest absolute Gasteiger partial charge is 0.303 e. The molecule has 3 rings (SSSR count). The minimum absolute atomic E-state index is 0.0351. The van der Waals surface area contributed by atoms with E-state index in [4.69, 9.17) is 24.7 Å². The topological polar surface area (TPSA) is 161 Å². The van der Waals surface area contributed by atoms with Crippen LogP contribution in [0.25, 0.3) is 10.4 Å². The van der Waals surface area contributed by atoms with Crippen molar-refractivity contribution in [2.75, 3.05) is 58.0 Å². The number of nitrogens with one attached hydrogen (secondary N) is 1. The number of aliphatic carboxylic acids is 1. The number of nitrogens with zero attached hydrogens (tertiary/aromatic N) is 5. The Morgan fingerprint density at radius 2 is 1.81 bits per heavy atom. The Bertz CT molecular complexity index is 1200. The average Bonchev–Trinajstić information content (AvgIpc) is 2.99. The molecule has 0 bridgehead atoms. The van der Waals surface area contributed by atoms with Gasteiger partial charge in [0.15, 0.2) is 0 Å². The molecule has 0 spiro atoms. The first-order valence-corrected chi connectivity index (χ1v) is 15.0. The first-order valence-electron chi connectivity index (χ1n) is 15.0. The minimum atomic E-state index is -0.839. The molecule has 0 saturated heterocycles. The zero-order valence-electron chi connectivity index (χ0n) is 24.4. The third-order valence-electron chi connectivity index (χ3n) is 7.21. The Morgan fingerprint density at radius 3 is 2.60 bits per heavy atom. The van der Waals surface area contributed by atoms with E-state index in [0.717, 1.165) is 75.0 Å². The Labute approximate surface area is 247 Å². The normalized spacial score (nSPS) is 13.1.